The summed E-state index contributed by atoms with van der Waals surface area (Å²) in [4.78, 5) is 10.2. The van der Waals surface area contributed by atoms with Crippen LogP contribution in [0.2, 0.25) is 0 Å². The van der Waals surface area contributed by atoms with Gasteiger partial charge >= 0.3 is 5.69 Å². The fourth-order valence-corrected chi connectivity index (χ4v) is 2.94. The van der Waals surface area contributed by atoms with Crippen LogP contribution in [0.3, 0.4) is 0 Å². The summed E-state index contributed by atoms with van der Waals surface area (Å²) in [5.74, 6) is 1.15. The molecule has 0 aliphatic rings. The van der Waals surface area contributed by atoms with Crippen molar-refractivity contribution >= 4 is 17.4 Å². The Balaban J connectivity index is 1.81. The zero-order valence-corrected chi connectivity index (χ0v) is 13.5. The van der Waals surface area contributed by atoms with E-state index < -0.39 is 4.92 Å². The molecular formula is C15H14N6O2S. The average molecular weight is 342 g/mol. The van der Waals surface area contributed by atoms with E-state index in [1.807, 2.05) is 34.9 Å². The van der Waals surface area contributed by atoms with Crippen molar-refractivity contribution in [2.45, 2.75) is 17.6 Å². The lowest BCUT2D eigenvalue weighted by Gasteiger charge is -2.07. The van der Waals surface area contributed by atoms with Gasteiger partial charge in [0.15, 0.2) is 11.0 Å². The Morgan fingerprint density at radius 1 is 1.29 bits per heavy atom. The van der Waals surface area contributed by atoms with Crippen LogP contribution in [0.15, 0.2) is 60.5 Å². The van der Waals surface area contributed by atoms with E-state index >= 15 is 0 Å². The average Bonchev–Trinajstić information content (AvgIpc) is 3.21. The molecule has 3 aromatic rings. The standard InChI is InChI=1S/C15H14N6O2S/c1-2-8-20-14(12-6-4-3-5-7-12)17-18-15(20)24-11-19-10-13(9-16-19)21(22)23/h2-7,9-10H,1,8,11H2. The molecule has 0 N–H and O–H groups in total. The first kappa shape index (κ1) is 15.9. The molecule has 0 bridgehead atoms. The third-order valence-corrected chi connectivity index (χ3v) is 4.17. The molecule has 24 heavy (non-hydrogen) atoms. The molecule has 0 unspecified atom stereocenters. The first-order valence-corrected chi connectivity index (χ1v) is 8.06. The van der Waals surface area contributed by atoms with Crippen LogP contribution in [-0.2, 0) is 12.4 Å². The Morgan fingerprint density at radius 2 is 2.08 bits per heavy atom. The van der Waals surface area contributed by atoms with Gasteiger partial charge in [0.25, 0.3) is 0 Å². The molecule has 122 valence electrons. The lowest BCUT2D eigenvalue weighted by molar-refractivity contribution is -0.385. The maximum absolute atomic E-state index is 10.7. The summed E-state index contributed by atoms with van der Waals surface area (Å²) in [6.07, 6.45) is 4.39. The van der Waals surface area contributed by atoms with Crippen molar-refractivity contribution in [2.75, 3.05) is 0 Å². The molecule has 0 fully saturated rings. The van der Waals surface area contributed by atoms with Gasteiger partial charge in [-0.15, -0.1) is 16.8 Å². The van der Waals surface area contributed by atoms with Crippen LogP contribution in [0.4, 0.5) is 5.69 Å². The smallest absolute Gasteiger partial charge is 0.298 e. The summed E-state index contributed by atoms with van der Waals surface area (Å²) in [6.45, 7) is 4.34. The van der Waals surface area contributed by atoms with E-state index in [1.54, 1.807) is 6.08 Å². The van der Waals surface area contributed by atoms with E-state index in [-0.39, 0.29) is 5.69 Å². The third-order valence-electron chi connectivity index (χ3n) is 3.22. The topological polar surface area (TPSA) is 91.7 Å². The molecule has 2 aromatic heterocycles. The van der Waals surface area contributed by atoms with Gasteiger partial charge < -0.3 is 0 Å². The number of nitrogens with zero attached hydrogens (tertiary/aromatic N) is 6. The van der Waals surface area contributed by atoms with Gasteiger partial charge in [-0.2, -0.15) is 5.10 Å². The molecule has 0 spiro atoms. The number of allylic oxidation sites excluding steroid dienone is 1. The van der Waals surface area contributed by atoms with E-state index in [9.17, 15) is 10.1 Å². The number of thioether (sulfide) groups is 1. The molecule has 0 atom stereocenters. The van der Waals surface area contributed by atoms with Crippen molar-refractivity contribution in [3.8, 4) is 11.4 Å². The zero-order valence-electron chi connectivity index (χ0n) is 12.6. The Bertz CT molecular complexity index is 858. The maximum atomic E-state index is 10.7. The fourth-order valence-electron chi connectivity index (χ4n) is 2.13. The molecule has 9 heteroatoms. The molecule has 0 aliphatic carbocycles. The predicted molar refractivity (Wildman–Crippen MR) is 90.4 cm³/mol. The van der Waals surface area contributed by atoms with Gasteiger partial charge in [0, 0.05) is 12.1 Å². The number of hydrogen-bond donors (Lipinski definition) is 0. The molecule has 8 nitrogen and oxygen atoms in total. The normalized spacial score (nSPS) is 10.7. The highest BCUT2D eigenvalue weighted by Gasteiger charge is 2.14. The second-order valence-corrected chi connectivity index (χ2v) is 5.75. The van der Waals surface area contributed by atoms with Crippen molar-refractivity contribution in [1.82, 2.24) is 24.5 Å². The summed E-state index contributed by atoms with van der Waals surface area (Å²) in [5.41, 5.74) is 0.932. The molecule has 0 saturated carbocycles. The minimum atomic E-state index is -0.470. The van der Waals surface area contributed by atoms with Crippen LogP contribution >= 0.6 is 11.8 Å². The molecule has 0 saturated heterocycles. The van der Waals surface area contributed by atoms with Crippen LogP contribution in [0.1, 0.15) is 0 Å². The van der Waals surface area contributed by atoms with Gasteiger partial charge in [-0.1, -0.05) is 48.2 Å². The molecule has 0 aliphatic heterocycles. The highest BCUT2D eigenvalue weighted by atomic mass is 32.2. The summed E-state index contributed by atoms with van der Waals surface area (Å²) in [7, 11) is 0. The zero-order chi connectivity index (χ0) is 16.9. The van der Waals surface area contributed by atoms with Crippen molar-refractivity contribution in [1.29, 1.82) is 0 Å². The first-order chi connectivity index (χ1) is 11.7. The van der Waals surface area contributed by atoms with Crippen molar-refractivity contribution < 1.29 is 4.92 Å². The monoisotopic (exact) mass is 342 g/mol. The molecular weight excluding hydrogens is 328 g/mol. The summed E-state index contributed by atoms with van der Waals surface area (Å²) < 4.78 is 3.45. The Kier molecular flexibility index (Phi) is 4.71. The third kappa shape index (κ3) is 3.35. The number of nitro groups is 1. The fraction of sp³-hybridized carbons (Fsp3) is 0.133. The second kappa shape index (κ2) is 7.09. The lowest BCUT2D eigenvalue weighted by atomic mass is 10.2. The number of hydrogen-bond acceptors (Lipinski definition) is 6. The van der Waals surface area contributed by atoms with E-state index in [0.29, 0.717) is 17.6 Å². The maximum Gasteiger partial charge on any atom is 0.307 e. The van der Waals surface area contributed by atoms with Crippen LogP contribution in [0, 0.1) is 10.1 Å². The summed E-state index contributed by atoms with van der Waals surface area (Å²) in [6, 6.07) is 9.76. The van der Waals surface area contributed by atoms with E-state index in [1.165, 1.54) is 28.8 Å². The van der Waals surface area contributed by atoms with Crippen molar-refractivity contribution in [3.05, 3.63) is 65.5 Å². The Morgan fingerprint density at radius 3 is 2.75 bits per heavy atom. The summed E-state index contributed by atoms with van der Waals surface area (Å²) >= 11 is 1.40. The van der Waals surface area contributed by atoms with Gasteiger partial charge in [-0.25, -0.2) is 0 Å². The van der Waals surface area contributed by atoms with Crippen molar-refractivity contribution in [3.63, 3.8) is 0 Å². The van der Waals surface area contributed by atoms with Crippen LogP contribution in [-0.4, -0.2) is 29.5 Å². The highest BCUT2D eigenvalue weighted by Crippen LogP contribution is 2.25. The minimum Gasteiger partial charge on any atom is -0.298 e. The SMILES string of the molecule is C=CCn1c(SCn2cc([N+](=O)[O-])cn2)nnc1-c1ccccc1. The van der Waals surface area contributed by atoms with Crippen molar-refractivity contribution in [2.24, 2.45) is 0 Å². The molecule has 1 aromatic carbocycles. The summed E-state index contributed by atoms with van der Waals surface area (Å²) in [5, 5.41) is 23.8. The van der Waals surface area contributed by atoms with E-state index in [0.717, 1.165) is 11.4 Å². The largest absolute Gasteiger partial charge is 0.307 e. The number of benzene rings is 1. The van der Waals surface area contributed by atoms with Gasteiger partial charge in [0.05, 0.1) is 10.8 Å². The van der Waals surface area contributed by atoms with E-state index in [2.05, 4.69) is 21.9 Å². The number of rotatable bonds is 7. The number of aromatic nitrogens is 5. The predicted octanol–water partition coefficient (Wildman–Crippen LogP) is 2.99. The van der Waals surface area contributed by atoms with Crippen LogP contribution in [0.5, 0.6) is 0 Å². The lowest BCUT2D eigenvalue weighted by Crippen LogP contribution is -2.02. The van der Waals surface area contributed by atoms with Crippen LogP contribution in [0.25, 0.3) is 11.4 Å². The Hall–Kier alpha value is -2.94. The molecule has 2 heterocycles. The quantitative estimate of drug-likeness (QED) is 0.284. The van der Waals surface area contributed by atoms with Gasteiger partial charge in [-0.05, 0) is 0 Å². The first-order valence-electron chi connectivity index (χ1n) is 7.08. The molecule has 0 radical (unpaired) electrons. The highest BCUT2D eigenvalue weighted by molar-refractivity contribution is 7.98. The minimum absolute atomic E-state index is 0.0341. The second-order valence-electron chi connectivity index (χ2n) is 4.84. The Labute approximate surface area is 142 Å². The van der Waals surface area contributed by atoms with E-state index in [4.69, 9.17) is 0 Å². The molecule has 0 amide bonds. The van der Waals surface area contributed by atoms with Gasteiger partial charge in [-0.3, -0.25) is 19.4 Å². The van der Waals surface area contributed by atoms with Gasteiger partial charge in [0.2, 0.25) is 0 Å². The van der Waals surface area contributed by atoms with Gasteiger partial charge in [0.1, 0.15) is 12.4 Å². The van der Waals surface area contributed by atoms with Crippen LogP contribution < -0.4 is 0 Å². The molecule has 3 rings (SSSR count).